The Morgan fingerprint density at radius 1 is 0.952 bits per heavy atom. The monoisotopic (exact) mass is 580 g/mol. The Hall–Kier alpha value is -3.56. The van der Waals surface area contributed by atoms with Gasteiger partial charge >= 0.3 is 17.9 Å². The lowest BCUT2D eigenvalue weighted by molar-refractivity contribution is -0.166. The van der Waals surface area contributed by atoms with E-state index in [1.807, 2.05) is 44.2 Å². The Kier molecular flexibility index (Phi) is 8.94. The van der Waals surface area contributed by atoms with Crippen molar-refractivity contribution in [3.05, 3.63) is 64.8 Å². The molecule has 0 saturated heterocycles. The van der Waals surface area contributed by atoms with Crippen LogP contribution in [0.15, 0.2) is 59.2 Å². The number of carbonyl (C=O) groups is 4. The molecule has 0 aliphatic heterocycles. The summed E-state index contributed by atoms with van der Waals surface area (Å²) < 4.78 is 17.2. The van der Waals surface area contributed by atoms with Gasteiger partial charge < -0.3 is 24.4 Å². The largest absolute Gasteiger partial charge is 0.461 e. The molecule has 9 nitrogen and oxygen atoms in total. The van der Waals surface area contributed by atoms with E-state index < -0.39 is 71.0 Å². The molecule has 0 spiro atoms. The molecule has 7 atom stereocenters. The van der Waals surface area contributed by atoms with Crippen LogP contribution < -0.4 is 0 Å². The highest BCUT2D eigenvalue weighted by atomic mass is 16.6. The van der Waals surface area contributed by atoms with Gasteiger partial charge in [-0.2, -0.15) is 0 Å². The van der Waals surface area contributed by atoms with Crippen LogP contribution in [0.5, 0.6) is 0 Å². The molecule has 7 unspecified atom stereocenters. The van der Waals surface area contributed by atoms with Gasteiger partial charge in [0.25, 0.3) is 0 Å². The Morgan fingerprint density at radius 3 is 2.21 bits per heavy atom. The summed E-state index contributed by atoms with van der Waals surface area (Å²) in [5.41, 5.74) is -0.101. The quantitative estimate of drug-likeness (QED) is 0.230. The Labute approximate surface area is 246 Å². The fraction of sp³-hybridized carbons (Fsp3) is 0.515. The molecular weight excluding hydrogens is 540 g/mol. The molecule has 1 aromatic carbocycles. The maximum absolute atomic E-state index is 14.2. The summed E-state index contributed by atoms with van der Waals surface area (Å²) in [4.78, 5) is 51.4. The first-order valence-electron chi connectivity index (χ1n) is 14.3. The standard InChI is InChI=1S/C33H40O9/c1-18-25(42-28(37)13-12-21-10-8-7-9-11-21)15-23-26(40-19(2)34)14-22-17-33(6,27(16-24(22)36)41-20(3)35)31(39)30(38)29(18)32(23,4)5/h7-14,23-27,30,36,38H,15-17H2,1-6H3. The average Bonchev–Trinajstić information content (AvgIpc) is 2.90. The van der Waals surface area contributed by atoms with Crippen molar-refractivity contribution in [1.82, 2.24) is 0 Å². The van der Waals surface area contributed by atoms with Gasteiger partial charge in [-0.15, -0.1) is 0 Å². The summed E-state index contributed by atoms with van der Waals surface area (Å²) in [7, 11) is 0. The topological polar surface area (TPSA) is 136 Å². The number of hydrogen-bond donors (Lipinski definition) is 2. The van der Waals surface area contributed by atoms with E-state index in [0.717, 1.165) is 5.56 Å². The van der Waals surface area contributed by atoms with Crippen LogP contribution in [0.4, 0.5) is 0 Å². The third kappa shape index (κ3) is 6.13. The van der Waals surface area contributed by atoms with Crippen molar-refractivity contribution in [3.8, 4) is 0 Å². The predicted molar refractivity (Wildman–Crippen MR) is 153 cm³/mol. The molecule has 1 saturated carbocycles. The maximum Gasteiger partial charge on any atom is 0.331 e. The molecule has 0 aromatic heterocycles. The van der Waals surface area contributed by atoms with Gasteiger partial charge in [-0.3, -0.25) is 14.4 Å². The second kappa shape index (κ2) is 12.0. The summed E-state index contributed by atoms with van der Waals surface area (Å²) in [5.74, 6) is -2.84. The van der Waals surface area contributed by atoms with Gasteiger partial charge in [-0.05, 0) is 66.5 Å². The lowest BCUT2D eigenvalue weighted by Crippen LogP contribution is -2.56. The molecule has 9 heteroatoms. The lowest BCUT2D eigenvalue weighted by Gasteiger charge is -2.51. The summed E-state index contributed by atoms with van der Waals surface area (Å²) in [6, 6.07) is 9.26. The summed E-state index contributed by atoms with van der Waals surface area (Å²) in [5, 5.41) is 22.9. The molecule has 1 aromatic rings. The number of rotatable bonds is 5. The van der Waals surface area contributed by atoms with Crippen molar-refractivity contribution in [3.63, 3.8) is 0 Å². The smallest absolute Gasteiger partial charge is 0.331 e. The second-order valence-electron chi connectivity index (χ2n) is 12.4. The maximum atomic E-state index is 14.2. The number of fused-ring (bicyclic) bond motifs is 4. The van der Waals surface area contributed by atoms with E-state index in [1.54, 1.807) is 26.0 Å². The van der Waals surface area contributed by atoms with Crippen LogP contribution in [0.1, 0.15) is 66.4 Å². The molecule has 4 bridgehead atoms. The minimum atomic E-state index is -1.63. The SMILES string of the molecule is CC(=O)OC1C=C2CC(C)(C(=O)C(O)C3=C(C)C(OC(=O)C=Cc4ccccc4)CC1C3(C)C)C(OC(C)=O)CC2O. The van der Waals surface area contributed by atoms with Crippen LogP contribution >= 0.6 is 0 Å². The summed E-state index contributed by atoms with van der Waals surface area (Å²) in [6.07, 6.45) is -0.535. The van der Waals surface area contributed by atoms with Crippen LogP contribution in [0.3, 0.4) is 0 Å². The summed E-state index contributed by atoms with van der Waals surface area (Å²) >= 11 is 0. The number of aliphatic hydroxyl groups is 2. The second-order valence-corrected chi connectivity index (χ2v) is 12.4. The minimum absolute atomic E-state index is 0.00193. The van der Waals surface area contributed by atoms with Crippen LogP contribution in [-0.2, 0) is 33.4 Å². The van der Waals surface area contributed by atoms with Gasteiger partial charge in [0.2, 0.25) is 0 Å². The van der Waals surface area contributed by atoms with Gasteiger partial charge in [0.05, 0.1) is 11.5 Å². The first-order valence-corrected chi connectivity index (χ1v) is 14.3. The van der Waals surface area contributed by atoms with E-state index in [0.29, 0.717) is 16.7 Å². The molecule has 0 heterocycles. The van der Waals surface area contributed by atoms with Crippen molar-refractivity contribution >= 4 is 29.8 Å². The fourth-order valence-corrected chi connectivity index (χ4v) is 6.88. The van der Waals surface area contributed by atoms with E-state index >= 15 is 0 Å². The molecule has 226 valence electrons. The van der Waals surface area contributed by atoms with Crippen LogP contribution in [0, 0.1) is 16.7 Å². The zero-order chi connectivity index (χ0) is 31.0. The van der Waals surface area contributed by atoms with E-state index in [2.05, 4.69) is 0 Å². The van der Waals surface area contributed by atoms with E-state index in [-0.39, 0.29) is 19.3 Å². The zero-order valence-corrected chi connectivity index (χ0v) is 25.0. The van der Waals surface area contributed by atoms with E-state index in [4.69, 9.17) is 14.2 Å². The predicted octanol–water partition coefficient (Wildman–Crippen LogP) is 3.87. The first kappa shape index (κ1) is 31.4. The van der Waals surface area contributed by atoms with E-state index in [1.165, 1.54) is 19.9 Å². The molecule has 42 heavy (non-hydrogen) atoms. The fourth-order valence-electron chi connectivity index (χ4n) is 6.88. The van der Waals surface area contributed by atoms with Crippen molar-refractivity contribution in [1.29, 1.82) is 0 Å². The number of benzene rings is 1. The molecule has 2 N–H and O–H groups in total. The normalized spacial score (nSPS) is 32.6. The van der Waals surface area contributed by atoms with Gasteiger partial charge in [-0.1, -0.05) is 44.2 Å². The van der Waals surface area contributed by atoms with Crippen LogP contribution in [0.25, 0.3) is 6.08 Å². The first-order chi connectivity index (χ1) is 19.6. The Bertz CT molecular complexity index is 1340. The third-order valence-corrected chi connectivity index (χ3v) is 9.08. The van der Waals surface area contributed by atoms with Crippen molar-refractivity contribution in [2.24, 2.45) is 16.7 Å². The molecule has 4 rings (SSSR count). The third-order valence-electron chi connectivity index (χ3n) is 9.08. The van der Waals surface area contributed by atoms with Gasteiger partial charge in [0.15, 0.2) is 5.78 Å². The van der Waals surface area contributed by atoms with Crippen molar-refractivity contribution in [2.45, 2.75) is 91.3 Å². The molecule has 3 aliphatic rings. The number of ketones is 1. The molecule has 3 aliphatic carbocycles. The number of aliphatic hydroxyl groups excluding tert-OH is 2. The number of hydrogen-bond acceptors (Lipinski definition) is 9. The highest BCUT2D eigenvalue weighted by molar-refractivity contribution is 5.93. The highest BCUT2D eigenvalue weighted by Gasteiger charge is 2.56. The van der Waals surface area contributed by atoms with Gasteiger partial charge in [-0.25, -0.2) is 4.79 Å². The van der Waals surface area contributed by atoms with Gasteiger partial charge in [0.1, 0.15) is 24.4 Å². The number of carbonyl (C=O) groups excluding carboxylic acids is 4. The van der Waals surface area contributed by atoms with E-state index in [9.17, 15) is 29.4 Å². The average molecular weight is 581 g/mol. The molecule has 0 radical (unpaired) electrons. The number of Topliss-reactive ketones (excluding diaryl/α,β-unsaturated/α-hetero) is 1. The molecule has 0 amide bonds. The Morgan fingerprint density at radius 2 is 1.60 bits per heavy atom. The van der Waals surface area contributed by atoms with Crippen LogP contribution in [0.2, 0.25) is 0 Å². The minimum Gasteiger partial charge on any atom is -0.461 e. The highest BCUT2D eigenvalue weighted by Crippen LogP contribution is 2.53. The number of esters is 3. The lowest BCUT2D eigenvalue weighted by atomic mass is 9.57. The van der Waals surface area contributed by atoms with Crippen LogP contribution in [-0.4, -0.2) is 64.4 Å². The molecular formula is C33H40O9. The van der Waals surface area contributed by atoms with Gasteiger partial charge in [0, 0.05) is 32.3 Å². The van der Waals surface area contributed by atoms with Crippen molar-refractivity contribution < 1.29 is 43.6 Å². The zero-order valence-electron chi connectivity index (χ0n) is 25.0. The molecule has 1 fully saturated rings. The van der Waals surface area contributed by atoms with Crippen molar-refractivity contribution in [2.75, 3.05) is 0 Å². The summed E-state index contributed by atoms with van der Waals surface area (Å²) in [6.45, 7) is 9.57. The number of ether oxygens (including phenoxy) is 3. The Balaban J connectivity index is 1.83.